The third-order valence-electron chi connectivity index (χ3n) is 3.90. The molecule has 2 heterocycles. The van der Waals surface area contributed by atoms with Crippen LogP contribution < -0.4 is 10.6 Å². The van der Waals surface area contributed by atoms with Gasteiger partial charge in [0, 0.05) is 31.2 Å². The van der Waals surface area contributed by atoms with E-state index in [9.17, 15) is 0 Å². The number of hydrogen-bond acceptors (Lipinski definition) is 3. The quantitative estimate of drug-likeness (QED) is 0.571. The van der Waals surface area contributed by atoms with Gasteiger partial charge in [-0.3, -0.25) is 4.57 Å². The Morgan fingerprint density at radius 1 is 1.24 bits per heavy atom. The van der Waals surface area contributed by atoms with Crippen LogP contribution in [0.15, 0.2) is 42.0 Å². The zero-order chi connectivity index (χ0) is 18.1. The van der Waals surface area contributed by atoms with Crippen molar-refractivity contribution in [1.29, 1.82) is 0 Å². The van der Waals surface area contributed by atoms with Crippen LogP contribution >= 0.6 is 0 Å². The summed E-state index contributed by atoms with van der Waals surface area (Å²) in [5.41, 5.74) is 1.08. The van der Waals surface area contributed by atoms with E-state index in [1.54, 1.807) is 12.5 Å². The lowest BCUT2D eigenvalue weighted by molar-refractivity contribution is 0.489. The summed E-state index contributed by atoms with van der Waals surface area (Å²) in [7, 11) is 0. The van der Waals surface area contributed by atoms with Crippen molar-refractivity contribution in [1.82, 2.24) is 25.2 Å². The van der Waals surface area contributed by atoms with Crippen LogP contribution in [0.3, 0.4) is 0 Å². The molecule has 136 valence electrons. The lowest BCUT2D eigenvalue weighted by atomic mass is 10.0. The molecule has 6 heteroatoms. The smallest absolute Gasteiger partial charge is 0.191 e. The molecule has 0 bridgehead atoms. The standard InChI is InChI=1S/C19H30N6/c1-5-21-19(24-16(4)7-6-15(2)3)23-13-17-8-9-18(22-12-17)25-11-10-20-14-25/h8-12,14-16H,5-7,13H2,1-4H3,(H2,21,23,24). The summed E-state index contributed by atoms with van der Waals surface area (Å²) < 4.78 is 1.88. The normalized spacial score (nSPS) is 13.1. The summed E-state index contributed by atoms with van der Waals surface area (Å²) in [6.07, 6.45) is 9.59. The van der Waals surface area contributed by atoms with Crippen LogP contribution in [0.4, 0.5) is 0 Å². The molecule has 0 amide bonds. The Hall–Kier alpha value is -2.37. The van der Waals surface area contributed by atoms with Crippen LogP contribution in [0.1, 0.15) is 46.1 Å². The predicted octanol–water partition coefficient (Wildman–Crippen LogP) is 3.15. The van der Waals surface area contributed by atoms with Gasteiger partial charge >= 0.3 is 0 Å². The highest BCUT2D eigenvalue weighted by Gasteiger charge is 2.06. The average molecular weight is 342 g/mol. The van der Waals surface area contributed by atoms with Crippen molar-refractivity contribution in [2.75, 3.05) is 6.54 Å². The number of rotatable bonds is 8. The Kier molecular flexibility index (Phi) is 7.44. The first-order valence-electron chi connectivity index (χ1n) is 9.06. The van der Waals surface area contributed by atoms with Gasteiger partial charge in [0.1, 0.15) is 12.1 Å². The molecule has 0 spiro atoms. The first-order valence-corrected chi connectivity index (χ1v) is 9.06. The van der Waals surface area contributed by atoms with E-state index in [0.29, 0.717) is 12.6 Å². The number of guanidine groups is 1. The largest absolute Gasteiger partial charge is 0.357 e. The van der Waals surface area contributed by atoms with Gasteiger partial charge in [-0.1, -0.05) is 19.9 Å². The minimum Gasteiger partial charge on any atom is -0.357 e. The maximum absolute atomic E-state index is 4.68. The molecular formula is C19H30N6. The van der Waals surface area contributed by atoms with Crippen molar-refractivity contribution in [3.8, 4) is 5.82 Å². The number of aliphatic imine (C=N–C) groups is 1. The highest BCUT2D eigenvalue weighted by atomic mass is 15.2. The van der Waals surface area contributed by atoms with Gasteiger partial charge in [0.05, 0.1) is 6.54 Å². The summed E-state index contributed by atoms with van der Waals surface area (Å²) in [6.45, 7) is 10.2. The molecule has 1 unspecified atom stereocenters. The highest BCUT2D eigenvalue weighted by molar-refractivity contribution is 5.80. The zero-order valence-electron chi connectivity index (χ0n) is 15.7. The summed E-state index contributed by atoms with van der Waals surface area (Å²) >= 11 is 0. The molecule has 0 fully saturated rings. The van der Waals surface area contributed by atoms with Gasteiger partial charge < -0.3 is 10.6 Å². The van der Waals surface area contributed by atoms with E-state index in [2.05, 4.69) is 59.4 Å². The number of nitrogens with one attached hydrogen (secondary N) is 2. The second-order valence-corrected chi connectivity index (χ2v) is 6.71. The fourth-order valence-electron chi connectivity index (χ4n) is 2.44. The van der Waals surface area contributed by atoms with Crippen LogP contribution in [-0.4, -0.2) is 33.1 Å². The molecule has 2 N–H and O–H groups in total. The molecule has 2 aromatic heterocycles. The first-order chi connectivity index (χ1) is 12.1. The van der Waals surface area contributed by atoms with Gasteiger partial charge in [-0.2, -0.15) is 0 Å². The molecule has 0 saturated heterocycles. The van der Waals surface area contributed by atoms with E-state index in [4.69, 9.17) is 0 Å². The fraction of sp³-hybridized carbons (Fsp3) is 0.526. The van der Waals surface area contributed by atoms with Crippen molar-refractivity contribution in [2.45, 2.75) is 53.1 Å². The van der Waals surface area contributed by atoms with Crippen molar-refractivity contribution >= 4 is 5.96 Å². The number of pyridine rings is 1. The monoisotopic (exact) mass is 342 g/mol. The molecule has 0 aliphatic rings. The number of hydrogen-bond donors (Lipinski definition) is 2. The van der Waals surface area contributed by atoms with Gasteiger partial charge in [-0.25, -0.2) is 15.0 Å². The second kappa shape index (κ2) is 9.81. The average Bonchev–Trinajstić information content (AvgIpc) is 3.13. The van der Waals surface area contributed by atoms with Gasteiger partial charge in [-0.15, -0.1) is 0 Å². The molecule has 0 radical (unpaired) electrons. The van der Waals surface area contributed by atoms with Gasteiger partial charge in [0.25, 0.3) is 0 Å². The molecular weight excluding hydrogens is 312 g/mol. The molecule has 0 aliphatic carbocycles. The van der Waals surface area contributed by atoms with Crippen molar-refractivity contribution in [3.63, 3.8) is 0 Å². The van der Waals surface area contributed by atoms with E-state index in [1.165, 1.54) is 6.42 Å². The van der Waals surface area contributed by atoms with Crippen LogP contribution in [0.5, 0.6) is 0 Å². The lowest BCUT2D eigenvalue weighted by Gasteiger charge is -2.18. The first kappa shape index (κ1) is 19.0. The predicted molar refractivity (Wildman–Crippen MR) is 103 cm³/mol. The number of aromatic nitrogens is 3. The van der Waals surface area contributed by atoms with Crippen LogP contribution in [-0.2, 0) is 6.54 Å². The minimum atomic E-state index is 0.405. The third-order valence-corrected chi connectivity index (χ3v) is 3.90. The summed E-state index contributed by atoms with van der Waals surface area (Å²) in [5, 5.41) is 6.79. The number of nitrogens with zero attached hydrogens (tertiary/aromatic N) is 4. The van der Waals surface area contributed by atoms with Crippen LogP contribution in [0, 0.1) is 5.92 Å². The Balaban J connectivity index is 1.93. The lowest BCUT2D eigenvalue weighted by Crippen LogP contribution is -2.42. The third kappa shape index (κ3) is 6.57. The van der Waals surface area contributed by atoms with E-state index in [1.807, 2.05) is 23.0 Å². The van der Waals surface area contributed by atoms with Crippen molar-refractivity contribution in [3.05, 3.63) is 42.6 Å². The van der Waals surface area contributed by atoms with Crippen molar-refractivity contribution < 1.29 is 0 Å². The Bertz CT molecular complexity index is 630. The molecule has 2 rings (SSSR count). The molecule has 6 nitrogen and oxygen atoms in total. The molecule has 1 atom stereocenters. The molecule has 2 aromatic rings. The van der Waals surface area contributed by atoms with E-state index < -0.39 is 0 Å². The molecule has 0 aromatic carbocycles. The maximum Gasteiger partial charge on any atom is 0.191 e. The Morgan fingerprint density at radius 2 is 2.08 bits per heavy atom. The van der Waals surface area contributed by atoms with E-state index >= 15 is 0 Å². The van der Waals surface area contributed by atoms with Crippen molar-refractivity contribution in [2.24, 2.45) is 10.9 Å². The Labute approximate surface area is 150 Å². The highest BCUT2D eigenvalue weighted by Crippen LogP contribution is 2.08. The van der Waals surface area contributed by atoms with Gasteiger partial charge in [0.2, 0.25) is 0 Å². The van der Waals surface area contributed by atoms with E-state index in [0.717, 1.165) is 36.2 Å². The molecule has 0 aliphatic heterocycles. The fourth-order valence-corrected chi connectivity index (χ4v) is 2.44. The van der Waals surface area contributed by atoms with E-state index in [-0.39, 0.29) is 0 Å². The van der Waals surface area contributed by atoms with Gasteiger partial charge in [-0.05, 0) is 44.2 Å². The molecule has 25 heavy (non-hydrogen) atoms. The SMILES string of the molecule is CCNC(=NCc1ccc(-n2ccnc2)nc1)NC(C)CCC(C)C. The minimum absolute atomic E-state index is 0.405. The number of imidazole rings is 1. The van der Waals surface area contributed by atoms with Crippen LogP contribution in [0.2, 0.25) is 0 Å². The summed E-state index contributed by atoms with van der Waals surface area (Å²) in [4.78, 5) is 13.2. The van der Waals surface area contributed by atoms with Gasteiger partial charge in [0.15, 0.2) is 5.96 Å². The zero-order valence-corrected chi connectivity index (χ0v) is 15.7. The Morgan fingerprint density at radius 3 is 2.68 bits per heavy atom. The molecule has 0 saturated carbocycles. The van der Waals surface area contributed by atoms with Crippen LogP contribution in [0.25, 0.3) is 5.82 Å². The topological polar surface area (TPSA) is 67.1 Å². The summed E-state index contributed by atoms with van der Waals surface area (Å²) in [6, 6.07) is 4.44. The maximum atomic E-state index is 4.68. The summed E-state index contributed by atoms with van der Waals surface area (Å²) in [5.74, 6) is 2.44. The second-order valence-electron chi connectivity index (χ2n) is 6.71.